The molecule has 0 aromatic heterocycles. The van der Waals surface area contributed by atoms with Crippen molar-refractivity contribution in [2.45, 2.75) is 81.7 Å². The Morgan fingerprint density at radius 3 is 2.25 bits per heavy atom. The van der Waals surface area contributed by atoms with Crippen LogP contribution >= 0.6 is 0 Å². The van der Waals surface area contributed by atoms with Crippen LogP contribution in [-0.4, -0.2) is 129 Å². The minimum Gasteiger partial charge on any atom is -0.504 e. The number of phenolic OH excluding ortho intramolecular Hbond substituents is 3. The molecule has 264 valence electrons. The molecule has 0 saturated carbocycles. The van der Waals surface area contributed by atoms with E-state index in [1.54, 1.807) is 6.07 Å². The molecule has 2 aromatic carbocycles. The topological polar surface area (TPSA) is 240 Å². The number of rotatable bonds is 12. The molecule has 2 heterocycles. The van der Waals surface area contributed by atoms with Crippen molar-refractivity contribution in [3.63, 3.8) is 0 Å². The third-order valence-electron chi connectivity index (χ3n) is 7.75. The zero-order valence-electron chi connectivity index (χ0n) is 26.3. The monoisotopic (exact) mass is 680 g/mol. The number of hydrogen-bond acceptors (Lipinski definition) is 16. The number of aromatic hydroxyl groups is 3. The van der Waals surface area contributed by atoms with Gasteiger partial charge in [0.1, 0.15) is 30.5 Å². The number of esters is 2. The van der Waals surface area contributed by atoms with Crippen molar-refractivity contribution >= 4 is 18.0 Å². The van der Waals surface area contributed by atoms with Gasteiger partial charge in [-0.25, -0.2) is 4.79 Å². The van der Waals surface area contributed by atoms with Gasteiger partial charge in [-0.1, -0.05) is 12.1 Å². The van der Waals surface area contributed by atoms with Crippen molar-refractivity contribution in [2.24, 2.45) is 0 Å². The fourth-order valence-corrected chi connectivity index (χ4v) is 5.21. The lowest BCUT2D eigenvalue weighted by Gasteiger charge is -2.47. The first-order valence-electron chi connectivity index (χ1n) is 15.0. The number of aliphatic hydroxyl groups excluding tert-OH is 4. The van der Waals surface area contributed by atoms with Crippen molar-refractivity contribution in [3.05, 3.63) is 53.6 Å². The van der Waals surface area contributed by atoms with Crippen LogP contribution in [0.5, 0.6) is 23.0 Å². The van der Waals surface area contributed by atoms with Crippen LogP contribution in [-0.2, 0) is 44.4 Å². The Morgan fingerprint density at radius 1 is 0.854 bits per heavy atom. The lowest BCUT2D eigenvalue weighted by Crippen LogP contribution is -2.65. The largest absolute Gasteiger partial charge is 0.504 e. The smallest absolute Gasteiger partial charge is 0.331 e. The van der Waals surface area contributed by atoms with E-state index in [0.717, 1.165) is 13.0 Å². The Labute approximate surface area is 275 Å². The van der Waals surface area contributed by atoms with Crippen LogP contribution in [0.1, 0.15) is 25.0 Å². The first-order chi connectivity index (χ1) is 22.8. The molecule has 0 amide bonds. The van der Waals surface area contributed by atoms with E-state index in [1.807, 2.05) is 0 Å². The summed E-state index contributed by atoms with van der Waals surface area (Å²) in [4.78, 5) is 25.4. The summed E-state index contributed by atoms with van der Waals surface area (Å²) < 4.78 is 39.6. The maximum Gasteiger partial charge on any atom is 0.331 e. The van der Waals surface area contributed by atoms with Crippen LogP contribution in [0, 0.1) is 0 Å². The third kappa shape index (κ3) is 8.91. The molecular formula is C32H40O16. The molecule has 0 spiro atoms. The molecule has 16 nitrogen and oxygen atoms in total. The highest BCUT2D eigenvalue weighted by atomic mass is 16.8. The molecule has 2 aromatic rings. The Balaban J connectivity index is 1.62. The summed E-state index contributed by atoms with van der Waals surface area (Å²) in [6.45, 7) is 1.68. The average molecular weight is 681 g/mol. The molecule has 4 rings (SSSR count). The summed E-state index contributed by atoms with van der Waals surface area (Å²) in [6.07, 6.45) is -12.4. The summed E-state index contributed by atoms with van der Waals surface area (Å²) in [5.74, 6) is -2.39. The van der Waals surface area contributed by atoms with Gasteiger partial charge >= 0.3 is 11.9 Å². The average Bonchev–Trinajstić information content (AvgIpc) is 3.05. The van der Waals surface area contributed by atoms with Crippen molar-refractivity contribution < 1.29 is 78.5 Å². The van der Waals surface area contributed by atoms with E-state index in [9.17, 15) is 45.3 Å². The van der Waals surface area contributed by atoms with Gasteiger partial charge < -0.3 is 68.9 Å². The van der Waals surface area contributed by atoms with Crippen molar-refractivity contribution in [3.8, 4) is 23.0 Å². The summed E-state index contributed by atoms with van der Waals surface area (Å²) in [7, 11) is 1.36. The van der Waals surface area contributed by atoms with Gasteiger partial charge in [0, 0.05) is 13.0 Å². The van der Waals surface area contributed by atoms with E-state index in [1.165, 1.54) is 50.4 Å². The Hall–Kier alpha value is -4.00. The number of carbonyl (C=O) groups excluding carboxylic acids is 2. The molecule has 0 radical (unpaired) electrons. The van der Waals surface area contributed by atoms with Gasteiger partial charge in [-0.3, -0.25) is 4.79 Å². The second-order valence-electron chi connectivity index (χ2n) is 11.2. The van der Waals surface area contributed by atoms with Gasteiger partial charge in [0.15, 0.2) is 47.8 Å². The molecule has 2 saturated heterocycles. The van der Waals surface area contributed by atoms with E-state index in [-0.39, 0.29) is 36.0 Å². The van der Waals surface area contributed by atoms with Gasteiger partial charge in [0.05, 0.1) is 26.4 Å². The van der Waals surface area contributed by atoms with Crippen molar-refractivity contribution in [1.29, 1.82) is 0 Å². The normalized spacial score (nSPS) is 30.6. The quantitative estimate of drug-likeness (QED) is 0.0877. The van der Waals surface area contributed by atoms with Gasteiger partial charge in [-0.15, -0.1) is 0 Å². The predicted molar refractivity (Wildman–Crippen MR) is 162 cm³/mol. The van der Waals surface area contributed by atoms with Crippen LogP contribution in [0.4, 0.5) is 0 Å². The Morgan fingerprint density at radius 2 is 1.58 bits per heavy atom. The fraction of sp³-hybridized carbons (Fsp3) is 0.500. The summed E-state index contributed by atoms with van der Waals surface area (Å²) in [6, 6.07) is 8.50. The molecule has 48 heavy (non-hydrogen) atoms. The molecular weight excluding hydrogens is 640 g/mol. The lowest BCUT2D eigenvalue weighted by atomic mass is 9.96. The van der Waals surface area contributed by atoms with E-state index in [2.05, 4.69) is 0 Å². The highest BCUT2D eigenvalue weighted by molar-refractivity contribution is 5.87. The molecule has 0 aliphatic carbocycles. The summed E-state index contributed by atoms with van der Waals surface area (Å²) in [5.41, 5.74) is 1.03. The van der Waals surface area contributed by atoms with Gasteiger partial charge in [0.2, 0.25) is 0 Å². The lowest BCUT2D eigenvalue weighted by molar-refractivity contribution is -0.358. The number of benzene rings is 2. The Kier molecular flexibility index (Phi) is 12.6. The molecule has 2 fully saturated rings. The molecule has 10 atom stereocenters. The van der Waals surface area contributed by atoms with Crippen LogP contribution < -0.4 is 4.74 Å². The van der Waals surface area contributed by atoms with Crippen LogP contribution in [0.3, 0.4) is 0 Å². The van der Waals surface area contributed by atoms with Gasteiger partial charge in [-0.05, 0) is 54.8 Å². The number of aliphatic hydroxyl groups is 4. The SMILES string of the molecule is COc1cc(C=CC(=O)OC2C(CO)OC(OCCc3ccc(O)c(O)c3)C(OC(C)=O)C2OC2OC(C)C(O)C(O)C2O)ccc1O. The summed E-state index contributed by atoms with van der Waals surface area (Å²) >= 11 is 0. The minimum absolute atomic E-state index is 0.0920. The van der Waals surface area contributed by atoms with Crippen LogP contribution in [0.25, 0.3) is 6.08 Å². The summed E-state index contributed by atoms with van der Waals surface area (Å²) in [5, 5.41) is 70.8. The van der Waals surface area contributed by atoms with Crippen molar-refractivity contribution in [2.75, 3.05) is 20.3 Å². The standard InChI is InChI=1S/C32H40O16/c1-15-25(39)26(40)27(41)31(44-15)48-29-28(47-24(38)9-6-17-5-8-20(36)22(13-17)42-3)23(14-33)46-32(30(29)45-16(2)34)43-11-10-18-4-7-19(35)21(37)12-18/h4-9,12-13,15,23,25-33,35-37,39-41H,10-11,14H2,1-3H3. The minimum atomic E-state index is -1.80. The molecule has 2 aliphatic heterocycles. The van der Waals surface area contributed by atoms with Gasteiger partial charge in [0.25, 0.3) is 0 Å². The zero-order chi connectivity index (χ0) is 35.1. The van der Waals surface area contributed by atoms with Crippen molar-refractivity contribution in [1.82, 2.24) is 0 Å². The Bertz CT molecular complexity index is 1430. The molecule has 2 aliphatic rings. The number of carbonyl (C=O) groups is 2. The van der Waals surface area contributed by atoms with Crippen LogP contribution in [0.2, 0.25) is 0 Å². The predicted octanol–water partition coefficient (Wildman–Crippen LogP) is -0.142. The van der Waals surface area contributed by atoms with E-state index in [0.29, 0.717) is 11.1 Å². The highest BCUT2D eigenvalue weighted by Gasteiger charge is 2.54. The fourth-order valence-electron chi connectivity index (χ4n) is 5.21. The number of hydrogen-bond donors (Lipinski definition) is 7. The third-order valence-corrected chi connectivity index (χ3v) is 7.75. The number of phenols is 3. The number of ether oxygens (including phenoxy) is 7. The molecule has 16 heteroatoms. The first kappa shape index (κ1) is 36.8. The van der Waals surface area contributed by atoms with E-state index < -0.39 is 80.0 Å². The highest BCUT2D eigenvalue weighted by Crippen LogP contribution is 2.33. The molecule has 7 N–H and O–H groups in total. The van der Waals surface area contributed by atoms with Gasteiger partial charge in [-0.2, -0.15) is 0 Å². The van der Waals surface area contributed by atoms with E-state index in [4.69, 9.17) is 33.2 Å². The second kappa shape index (κ2) is 16.4. The first-order valence-corrected chi connectivity index (χ1v) is 15.0. The van der Waals surface area contributed by atoms with E-state index >= 15 is 0 Å². The van der Waals surface area contributed by atoms with Crippen LogP contribution in [0.15, 0.2) is 42.5 Å². The second-order valence-corrected chi connectivity index (χ2v) is 11.2. The maximum absolute atomic E-state index is 13.1. The maximum atomic E-state index is 13.1. The zero-order valence-corrected chi connectivity index (χ0v) is 26.3. The molecule has 10 unspecified atom stereocenters. The number of methoxy groups -OCH3 is 1. The molecule has 0 bridgehead atoms.